The van der Waals surface area contributed by atoms with E-state index in [1.54, 1.807) is 11.1 Å². The Labute approximate surface area is 111 Å². The lowest BCUT2D eigenvalue weighted by Crippen LogP contribution is -2.36. The van der Waals surface area contributed by atoms with Crippen LogP contribution in [0.5, 0.6) is 0 Å². The molecule has 0 saturated heterocycles. The monoisotopic (exact) mass is 263 g/mol. The van der Waals surface area contributed by atoms with E-state index in [9.17, 15) is 4.79 Å². The van der Waals surface area contributed by atoms with Gasteiger partial charge in [0.15, 0.2) is 0 Å². The van der Waals surface area contributed by atoms with Crippen LogP contribution in [0.25, 0.3) is 0 Å². The van der Waals surface area contributed by atoms with Crippen molar-refractivity contribution in [3.63, 3.8) is 0 Å². The van der Waals surface area contributed by atoms with Gasteiger partial charge in [-0.25, -0.2) is 4.98 Å². The smallest absolute Gasteiger partial charge is 0.274 e. The molecular weight excluding hydrogens is 246 g/mol. The normalized spacial score (nSPS) is 15.3. The van der Waals surface area contributed by atoms with Gasteiger partial charge in [0, 0.05) is 25.2 Å². The zero-order chi connectivity index (χ0) is 13.8. The molecule has 0 aromatic carbocycles. The van der Waals surface area contributed by atoms with E-state index in [4.69, 9.17) is 10.9 Å². The summed E-state index contributed by atoms with van der Waals surface area (Å²) in [6.07, 6.45) is 5.37. The van der Waals surface area contributed by atoms with Crippen molar-refractivity contribution in [2.24, 2.45) is 10.9 Å². The first kappa shape index (κ1) is 13.3. The average Bonchev–Trinajstić information content (AvgIpc) is 3.24. The molecule has 1 amide bonds. The predicted molar refractivity (Wildman–Crippen MR) is 68.9 cm³/mol. The van der Waals surface area contributed by atoms with Crippen LogP contribution in [0.1, 0.15) is 35.4 Å². The van der Waals surface area contributed by atoms with Gasteiger partial charge in [-0.3, -0.25) is 9.78 Å². The van der Waals surface area contributed by atoms with Crippen molar-refractivity contribution in [2.45, 2.75) is 32.2 Å². The zero-order valence-electron chi connectivity index (χ0n) is 10.8. The Morgan fingerprint density at radius 1 is 1.53 bits per heavy atom. The van der Waals surface area contributed by atoms with Crippen molar-refractivity contribution in [3.8, 4) is 0 Å². The third-order valence-corrected chi connectivity index (χ3v) is 2.99. The van der Waals surface area contributed by atoms with Gasteiger partial charge in [0.2, 0.25) is 0 Å². The Hall–Kier alpha value is -2.18. The van der Waals surface area contributed by atoms with E-state index in [0.717, 1.165) is 18.5 Å². The van der Waals surface area contributed by atoms with Gasteiger partial charge in [-0.05, 0) is 19.8 Å². The van der Waals surface area contributed by atoms with Gasteiger partial charge in [0.05, 0.1) is 11.9 Å². The van der Waals surface area contributed by atoms with Crippen LogP contribution in [-0.4, -0.2) is 44.4 Å². The highest BCUT2D eigenvalue weighted by Crippen LogP contribution is 2.28. The van der Waals surface area contributed by atoms with E-state index >= 15 is 0 Å². The molecule has 1 aromatic heterocycles. The molecule has 0 spiro atoms. The summed E-state index contributed by atoms with van der Waals surface area (Å²) in [4.78, 5) is 22.2. The summed E-state index contributed by atoms with van der Waals surface area (Å²) in [5.74, 6) is -0.0332. The molecule has 19 heavy (non-hydrogen) atoms. The fraction of sp³-hybridized carbons (Fsp3) is 0.500. The lowest BCUT2D eigenvalue weighted by molar-refractivity contribution is 0.0741. The lowest BCUT2D eigenvalue weighted by atomic mass is 10.3. The Morgan fingerprint density at radius 2 is 2.26 bits per heavy atom. The molecule has 1 heterocycles. The number of carbonyl (C=O) groups is 1. The van der Waals surface area contributed by atoms with Crippen LogP contribution in [-0.2, 0) is 0 Å². The second-order valence-electron chi connectivity index (χ2n) is 4.61. The molecule has 7 heteroatoms. The van der Waals surface area contributed by atoms with Gasteiger partial charge in [0.1, 0.15) is 11.5 Å². The molecule has 0 unspecified atom stereocenters. The maximum Gasteiger partial charge on any atom is 0.274 e. The number of amides is 1. The van der Waals surface area contributed by atoms with E-state index in [2.05, 4.69) is 15.1 Å². The standard InChI is InChI=1S/C12H17N5O2/c1-8-6-15-10(7-14-8)12(18)17(9-2-3-9)5-4-11(13)16-19/h6-7,9,19H,2-5H2,1H3,(H2,13,16). The minimum Gasteiger partial charge on any atom is -0.409 e. The Morgan fingerprint density at radius 3 is 2.79 bits per heavy atom. The maximum absolute atomic E-state index is 12.3. The van der Waals surface area contributed by atoms with Gasteiger partial charge in [-0.15, -0.1) is 0 Å². The van der Waals surface area contributed by atoms with Gasteiger partial charge < -0.3 is 15.8 Å². The quantitative estimate of drug-likeness (QED) is 0.349. The SMILES string of the molecule is Cc1cnc(C(=O)N(CCC(N)=NO)C2CC2)cn1. The molecule has 2 rings (SSSR count). The molecule has 0 bridgehead atoms. The third-order valence-electron chi connectivity index (χ3n) is 2.99. The highest BCUT2D eigenvalue weighted by Gasteiger charge is 2.33. The number of oxime groups is 1. The van der Waals surface area contributed by atoms with Crippen LogP contribution < -0.4 is 5.73 Å². The second kappa shape index (κ2) is 5.64. The predicted octanol–water partition coefficient (Wildman–Crippen LogP) is 0.526. The van der Waals surface area contributed by atoms with Crippen molar-refractivity contribution in [1.82, 2.24) is 14.9 Å². The molecule has 1 aromatic rings. The number of hydrogen-bond acceptors (Lipinski definition) is 5. The average molecular weight is 263 g/mol. The minimum atomic E-state index is -0.152. The maximum atomic E-state index is 12.3. The molecule has 0 atom stereocenters. The van der Waals surface area contributed by atoms with E-state index < -0.39 is 0 Å². The number of nitrogens with zero attached hydrogens (tertiary/aromatic N) is 4. The molecule has 3 N–H and O–H groups in total. The highest BCUT2D eigenvalue weighted by molar-refractivity contribution is 5.92. The third kappa shape index (κ3) is 3.40. The topological polar surface area (TPSA) is 105 Å². The van der Waals surface area contributed by atoms with Gasteiger partial charge in [0.25, 0.3) is 5.91 Å². The first-order chi connectivity index (χ1) is 9.11. The number of carbonyl (C=O) groups excluding carboxylic acids is 1. The Balaban J connectivity index is 2.06. The van der Waals surface area contributed by atoms with Crippen molar-refractivity contribution >= 4 is 11.7 Å². The molecule has 0 radical (unpaired) electrons. The van der Waals surface area contributed by atoms with Gasteiger partial charge in [-0.1, -0.05) is 5.16 Å². The fourth-order valence-electron chi connectivity index (χ4n) is 1.77. The Bertz CT molecular complexity index is 481. The summed E-state index contributed by atoms with van der Waals surface area (Å²) >= 11 is 0. The van der Waals surface area contributed by atoms with Crippen LogP contribution in [0.2, 0.25) is 0 Å². The highest BCUT2D eigenvalue weighted by atomic mass is 16.4. The summed E-state index contributed by atoms with van der Waals surface area (Å²) in [5, 5.41) is 11.4. The molecule has 0 aliphatic heterocycles. The second-order valence-corrected chi connectivity index (χ2v) is 4.61. The van der Waals surface area contributed by atoms with Crippen LogP contribution in [0.3, 0.4) is 0 Å². The van der Waals surface area contributed by atoms with E-state index in [1.807, 2.05) is 6.92 Å². The zero-order valence-corrected chi connectivity index (χ0v) is 10.8. The molecule has 1 fully saturated rings. The minimum absolute atomic E-state index is 0.119. The van der Waals surface area contributed by atoms with E-state index in [0.29, 0.717) is 18.7 Å². The van der Waals surface area contributed by atoms with Crippen LogP contribution in [0, 0.1) is 6.92 Å². The fourth-order valence-corrected chi connectivity index (χ4v) is 1.77. The van der Waals surface area contributed by atoms with E-state index in [-0.39, 0.29) is 17.8 Å². The largest absolute Gasteiger partial charge is 0.409 e. The molecule has 102 valence electrons. The number of aryl methyl sites for hydroxylation is 1. The molecular formula is C12H17N5O2. The van der Waals surface area contributed by atoms with Crippen molar-refractivity contribution < 1.29 is 10.0 Å². The summed E-state index contributed by atoms with van der Waals surface area (Å²) in [6.45, 7) is 2.24. The van der Waals surface area contributed by atoms with Crippen molar-refractivity contribution in [1.29, 1.82) is 0 Å². The Kier molecular flexibility index (Phi) is 3.94. The van der Waals surface area contributed by atoms with E-state index in [1.165, 1.54) is 6.20 Å². The summed E-state index contributed by atoms with van der Waals surface area (Å²) in [7, 11) is 0. The molecule has 1 aliphatic rings. The molecule has 1 saturated carbocycles. The van der Waals surface area contributed by atoms with Crippen LogP contribution in [0.4, 0.5) is 0 Å². The summed E-state index contributed by atoms with van der Waals surface area (Å²) in [5.41, 5.74) is 6.53. The molecule has 7 nitrogen and oxygen atoms in total. The number of aromatic nitrogens is 2. The number of amidine groups is 1. The van der Waals surface area contributed by atoms with Crippen LogP contribution in [0.15, 0.2) is 17.5 Å². The molecule has 1 aliphatic carbocycles. The summed E-state index contributed by atoms with van der Waals surface area (Å²) in [6, 6.07) is 0.238. The number of rotatable bonds is 5. The first-order valence-corrected chi connectivity index (χ1v) is 6.18. The lowest BCUT2D eigenvalue weighted by Gasteiger charge is -2.21. The number of hydrogen-bond donors (Lipinski definition) is 2. The van der Waals surface area contributed by atoms with Crippen LogP contribution >= 0.6 is 0 Å². The van der Waals surface area contributed by atoms with Gasteiger partial charge in [-0.2, -0.15) is 0 Å². The number of nitrogens with two attached hydrogens (primary N) is 1. The van der Waals surface area contributed by atoms with Crippen molar-refractivity contribution in [3.05, 3.63) is 23.8 Å². The summed E-state index contributed by atoms with van der Waals surface area (Å²) < 4.78 is 0. The first-order valence-electron chi connectivity index (χ1n) is 6.18. The van der Waals surface area contributed by atoms with Gasteiger partial charge >= 0.3 is 0 Å². The van der Waals surface area contributed by atoms with Crippen molar-refractivity contribution in [2.75, 3.05) is 6.54 Å².